The van der Waals surface area contributed by atoms with Crippen LogP contribution in [-0.4, -0.2) is 11.9 Å². The second kappa shape index (κ2) is 4.49. The number of hydrogen-bond acceptors (Lipinski definition) is 3. The molecule has 1 amide bonds. The Hall–Kier alpha value is -2.62. The van der Waals surface area contributed by atoms with Gasteiger partial charge in [0.2, 0.25) is 5.91 Å². The average molecular weight is 267 g/mol. The Morgan fingerprint density at radius 3 is 2.45 bits per heavy atom. The van der Waals surface area contributed by atoms with Gasteiger partial charge < -0.3 is 10.1 Å². The predicted molar refractivity (Wildman–Crippen MR) is 74.5 cm³/mol. The van der Waals surface area contributed by atoms with E-state index >= 15 is 0 Å². The van der Waals surface area contributed by atoms with Crippen molar-refractivity contribution < 1.29 is 14.3 Å². The third-order valence-electron chi connectivity index (χ3n) is 3.53. The lowest BCUT2D eigenvalue weighted by Crippen LogP contribution is -2.42. The van der Waals surface area contributed by atoms with Crippen molar-refractivity contribution in [1.82, 2.24) is 0 Å². The molecule has 0 saturated heterocycles. The highest BCUT2D eigenvalue weighted by molar-refractivity contribution is 6.19. The van der Waals surface area contributed by atoms with Gasteiger partial charge in [-0.05, 0) is 25.1 Å². The molecule has 1 aliphatic rings. The smallest absolute Gasteiger partial charge is 0.331 e. The van der Waals surface area contributed by atoms with Crippen LogP contribution in [0.15, 0.2) is 54.6 Å². The van der Waals surface area contributed by atoms with Crippen molar-refractivity contribution in [3.63, 3.8) is 0 Å². The molecule has 0 saturated carbocycles. The average Bonchev–Trinajstić information content (AvgIpc) is 2.73. The molecule has 0 spiro atoms. The molecular formula is C16H13NO3. The van der Waals surface area contributed by atoms with Crippen molar-refractivity contribution in [2.24, 2.45) is 0 Å². The van der Waals surface area contributed by atoms with E-state index in [-0.39, 0.29) is 5.91 Å². The zero-order valence-corrected chi connectivity index (χ0v) is 10.9. The van der Waals surface area contributed by atoms with Gasteiger partial charge in [0.15, 0.2) is 5.41 Å². The summed E-state index contributed by atoms with van der Waals surface area (Å²) in [5, 5.41) is 2.71. The third kappa shape index (κ3) is 1.77. The van der Waals surface area contributed by atoms with E-state index in [1.165, 1.54) is 0 Å². The van der Waals surface area contributed by atoms with Crippen LogP contribution in [-0.2, 0) is 15.0 Å². The summed E-state index contributed by atoms with van der Waals surface area (Å²) in [4.78, 5) is 24.6. The molecule has 1 N–H and O–H groups in total. The predicted octanol–water partition coefficient (Wildman–Crippen LogP) is 2.50. The Labute approximate surface area is 116 Å². The molecule has 2 aromatic rings. The highest BCUT2D eigenvalue weighted by atomic mass is 16.5. The Morgan fingerprint density at radius 1 is 1.05 bits per heavy atom. The number of esters is 1. The summed E-state index contributed by atoms with van der Waals surface area (Å²) < 4.78 is 5.33. The largest absolute Gasteiger partial charge is 0.425 e. The normalized spacial score (nSPS) is 20.1. The fourth-order valence-electron chi connectivity index (χ4n) is 2.30. The summed E-state index contributed by atoms with van der Waals surface area (Å²) >= 11 is 0. The zero-order chi connectivity index (χ0) is 14.2. The van der Waals surface area contributed by atoms with Gasteiger partial charge in [0.1, 0.15) is 5.75 Å². The zero-order valence-electron chi connectivity index (χ0n) is 10.9. The maximum absolute atomic E-state index is 12.4. The van der Waals surface area contributed by atoms with Crippen LogP contribution < -0.4 is 10.1 Å². The fourth-order valence-corrected chi connectivity index (χ4v) is 2.30. The molecule has 1 atom stereocenters. The van der Waals surface area contributed by atoms with Gasteiger partial charge in [0, 0.05) is 11.3 Å². The molecule has 2 aromatic carbocycles. The van der Waals surface area contributed by atoms with Crippen LogP contribution >= 0.6 is 0 Å². The number of carbonyl (C=O) groups is 2. The van der Waals surface area contributed by atoms with Crippen LogP contribution in [0, 0.1) is 0 Å². The summed E-state index contributed by atoms with van der Waals surface area (Å²) in [5.41, 5.74) is -0.0113. The molecule has 3 rings (SSSR count). The minimum absolute atomic E-state index is 0.361. The van der Waals surface area contributed by atoms with Gasteiger partial charge in [-0.1, -0.05) is 36.4 Å². The van der Waals surface area contributed by atoms with Crippen LogP contribution in [0.1, 0.15) is 12.5 Å². The summed E-state index contributed by atoms with van der Waals surface area (Å²) in [6, 6.07) is 15.9. The second-order valence-electron chi connectivity index (χ2n) is 4.83. The topological polar surface area (TPSA) is 55.4 Å². The molecule has 0 aromatic heterocycles. The lowest BCUT2D eigenvalue weighted by molar-refractivity contribution is -0.144. The minimum atomic E-state index is -1.31. The second-order valence-corrected chi connectivity index (χ2v) is 4.83. The van der Waals surface area contributed by atoms with Gasteiger partial charge in [-0.15, -0.1) is 0 Å². The molecule has 4 heteroatoms. The summed E-state index contributed by atoms with van der Waals surface area (Å²) in [5.74, 6) is -0.512. The van der Waals surface area contributed by atoms with E-state index in [2.05, 4.69) is 5.32 Å². The molecule has 0 radical (unpaired) electrons. The van der Waals surface area contributed by atoms with E-state index in [4.69, 9.17) is 4.74 Å². The van der Waals surface area contributed by atoms with Gasteiger partial charge in [0.25, 0.3) is 0 Å². The lowest BCUT2D eigenvalue weighted by atomic mass is 9.84. The van der Waals surface area contributed by atoms with Crippen molar-refractivity contribution in [2.75, 3.05) is 5.32 Å². The van der Waals surface area contributed by atoms with Crippen LogP contribution in [0.25, 0.3) is 0 Å². The molecule has 0 unspecified atom stereocenters. The van der Waals surface area contributed by atoms with Crippen molar-refractivity contribution in [3.05, 3.63) is 60.2 Å². The van der Waals surface area contributed by atoms with E-state index in [9.17, 15) is 9.59 Å². The quantitative estimate of drug-likeness (QED) is 0.516. The number of nitrogens with one attached hydrogen (secondary N) is 1. The molecule has 4 nitrogen and oxygen atoms in total. The van der Waals surface area contributed by atoms with Crippen molar-refractivity contribution in [3.8, 4) is 5.75 Å². The van der Waals surface area contributed by atoms with E-state index in [1.54, 1.807) is 49.4 Å². The van der Waals surface area contributed by atoms with Crippen LogP contribution in [0.2, 0.25) is 0 Å². The van der Waals surface area contributed by atoms with Crippen molar-refractivity contribution in [1.29, 1.82) is 0 Å². The highest BCUT2D eigenvalue weighted by Gasteiger charge is 2.50. The van der Waals surface area contributed by atoms with Crippen LogP contribution in [0.5, 0.6) is 5.75 Å². The molecule has 0 bridgehead atoms. The van der Waals surface area contributed by atoms with Gasteiger partial charge in [-0.25, -0.2) is 0 Å². The number of amides is 1. The Bertz CT molecular complexity index is 681. The first kappa shape index (κ1) is 12.4. The third-order valence-corrected chi connectivity index (χ3v) is 3.53. The van der Waals surface area contributed by atoms with Gasteiger partial charge in [-0.3, -0.25) is 9.59 Å². The van der Waals surface area contributed by atoms with E-state index in [0.29, 0.717) is 17.0 Å². The number of hydrogen-bond donors (Lipinski definition) is 1. The molecule has 1 aliphatic heterocycles. The summed E-state index contributed by atoms with van der Waals surface area (Å²) in [6.45, 7) is 1.58. The standard InChI is InChI=1S/C16H13NO3/c1-16(15(19)20-11-7-3-2-4-8-11)12-9-5-6-10-13(12)17-14(16)18/h2-10H,1H3,(H,17,18)/t16-/m1/s1. The number of fused-ring (bicyclic) bond motifs is 1. The minimum Gasteiger partial charge on any atom is -0.425 e. The molecule has 100 valence electrons. The van der Waals surface area contributed by atoms with Crippen molar-refractivity contribution in [2.45, 2.75) is 12.3 Å². The number of benzene rings is 2. The number of para-hydroxylation sites is 2. The van der Waals surface area contributed by atoms with Crippen molar-refractivity contribution >= 4 is 17.6 Å². The van der Waals surface area contributed by atoms with Gasteiger partial charge >= 0.3 is 5.97 Å². The number of carbonyl (C=O) groups excluding carboxylic acids is 2. The molecular weight excluding hydrogens is 254 g/mol. The number of rotatable bonds is 2. The van der Waals surface area contributed by atoms with E-state index in [0.717, 1.165) is 0 Å². The first-order chi connectivity index (χ1) is 9.62. The van der Waals surface area contributed by atoms with Crippen LogP contribution in [0.3, 0.4) is 0 Å². The Kier molecular flexibility index (Phi) is 2.79. The molecule has 0 fully saturated rings. The van der Waals surface area contributed by atoms with E-state index < -0.39 is 11.4 Å². The summed E-state index contributed by atoms with van der Waals surface area (Å²) in [6.07, 6.45) is 0. The maximum atomic E-state index is 12.4. The monoisotopic (exact) mass is 267 g/mol. The Morgan fingerprint density at radius 2 is 1.70 bits per heavy atom. The Balaban J connectivity index is 1.96. The SMILES string of the molecule is C[C@]1(C(=O)Oc2ccccc2)C(=O)Nc2ccccc21. The molecule has 0 aliphatic carbocycles. The highest BCUT2D eigenvalue weighted by Crippen LogP contribution is 2.38. The van der Waals surface area contributed by atoms with E-state index in [1.807, 2.05) is 12.1 Å². The number of ether oxygens (including phenoxy) is 1. The summed E-state index contributed by atoms with van der Waals surface area (Å²) in [7, 11) is 0. The van der Waals surface area contributed by atoms with Gasteiger partial charge in [0.05, 0.1) is 0 Å². The van der Waals surface area contributed by atoms with Crippen LogP contribution in [0.4, 0.5) is 5.69 Å². The van der Waals surface area contributed by atoms with Gasteiger partial charge in [-0.2, -0.15) is 0 Å². The fraction of sp³-hybridized carbons (Fsp3) is 0.125. The molecule has 1 heterocycles. The first-order valence-electron chi connectivity index (χ1n) is 6.30. The molecule has 20 heavy (non-hydrogen) atoms. The lowest BCUT2D eigenvalue weighted by Gasteiger charge is -2.19. The number of anilines is 1. The first-order valence-corrected chi connectivity index (χ1v) is 6.30. The maximum Gasteiger partial charge on any atom is 0.331 e.